The van der Waals surface area contributed by atoms with Gasteiger partial charge in [-0.3, -0.25) is 14.3 Å². The summed E-state index contributed by atoms with van der Waals surface area (Å²) in [5.74, 6) is -0.455. The van der Waals surface area contributed by atoms with Gasteiger partial charge >= 0.3 is 0 Å². The number of carbonyl (C=O) groups excluding carboxylic acids is 2. The summed E-state index contributed by atoms with van der Waals surface area (Å²) < 4.78 is 1.61. The molecular weight excluding hydrogens is 447 g/mol. The zero-order valence-corrected chi connectivity index (χ0v) is 18.9. The second-order valence-electron chi connectivity index (χ2n) is 8.18. The van der Waals surface area contributed by atoms with Gasteiger partial charge < -0.3 is 10.2 Å². The van der Waals surface area contributed by atoms with Gasteiger partial charge in [-0.2, -0.15) is 5.10 Å². The van der Waals surface area contributed by atoms with Crippen molar-refractivity contribution in [1.29, 1.82) is 0 Å². The average molecular weight is 469 g/mol. The maximum absolute atomic E-state index is 13.1. The van der Waals surface area contributed by atoms with Crippen molar-refractivity contribution in [2.24, 2.45) is 0 Å². The molecule has 0 radical (unpaired) electrons. The molecule has 32 heavy (non-hydrogen) atoms. The highest BCUT2D eigenvalue weighted by Crippen LogP contribution is 2.30. The fourth-order valence-electron chi connectivity index (χ4n) is 4.51. The van der Waals surface area contributed by atoms with Crippen LogP contribution in [0.2, 0.25) is 10.0 Å². The highest BCUT2D eigenvalue weighted by molar-refractivity contribution is 6.36. The summed E-state index contributed by atoms with van der Waals surface area (Å²) in [6.45, 7) is 1.28. The first-order chi connectivity index (χ1) is 15.5. The van der Waals surface area contributed by atoms with E-state index < -0.39 is 0 Å². The Kier molecular flexibility index (Phi) is 5.66. The quantitative estimate of drug-likeness (QED) is 0.605. The fourth-order valence-corrected chi connectivity index (χ4v) is 5.03. The number of rotatable bonds is 4. The standard InChI is InChI=1S/C24H22Cl2N4O2/c25-18-8-4-9-19(26)17(18)14-29-11-12-30-22(24(29)32)13-21(28-30)23(31)27-20-10-3-6-15-5-1-2-7-16(15)20/h1-2,4-5,7-9,13,20H,3,6,10-12,14H2,(H,27,31)/t20-/m1/s1. The molecular formula is C24H22Cl2N4O2. The van der Waals surface area contributed by atoms with Gasteiger partial charge in [0.05, 0.1) is 12.6 Å². The van der Waals surface area contributed by atoms with Crippen molar-refractivity contribution in [3.63, 3.8) is 0 Å². The molecule has 0 fully saturated rings. The molecule has 5 rings (SSSR count). The predicted octanol–water partition coefficient (Wildman–Crippen LogP) is 4.65. The predicted molar refractivity (Wildman–Crippen MR) is 123 cm³/mol. The highest BCUT2D eigenvalue weighted by atomic mass is 35.5. The molecule has 2 amide bonds. The lowest BCUT2D eigenvalue weighted by Gasteiger charge is -2.28. The molecule has 6 nitrogen and oxygen atoms in total. The minimum absolute atomic E-state index is 0.0410. The Bertz CT molecular complexity index is 1190. The molecule has 1 aliphatic heterocycles. The number of hydrogen-bond acceptors (Lipinski definition) is 3. The van der Waals surface area contributed by atoms with Crippen LogP contribution in [0.3, 0.4) is 0 Å². The van der Waals surface area contributed by atoms with Crippen molar-refractivity contribution in [2.75, 3.05) is 6.54 Å². The van der Waals surface area contributed by atoms with E-state index >= 15 is 0 Å². The maximum atomic E-state index is 13.1. The molecule has 0 saturated heterocycles. The van der Waals surface area contributed by atoms with Crippen molar-refractivity contribution in [1.82, 2.24) is 20.0 Å². The zero-order valence-electron chi connectivity index (χ0n) is 17.4. The monoisotopic (exact) mass is 468 g/mol. The molecule has 8 heteroatoms. The van der Waals surface area contributed by atoms with Gasteiger partial charge in [0.25, 0.3) is 11.8 Å². The summed E-state index contributed by atoms with van der Waals surface area (Å²) in [4.78, 5) is 27.7. The minimum Gasteiger partial charge on any atom is -0.344 e. The third-order valence-electron chi connectivity index (χ3n) is 6.19. The first kappa shape index (κ1) is 21.0. The topological polar surface area (TPSA) is 67.2 Å². The Labute approximate surface area is 196 Å². The lowest BCUT2D eigenvalue weighted by Crippen LogP contribution is -2.39. The molecule has 2 aliphatic rings. The number of nitrogens with one attached hydrogen (secondary N) is 1. The van der Waals surface area contributed by atoms with E-state index in [0.717, 1.165) is 24.8 Å². The third-order valence-corrected chi connectivity index (χ3v) is 6.89. The number of hydrogen-bond donors (Lipinski definition) is 1. The lowest BCUT2D eigenvalue weighted by molar-refractivity contribution is 0.0683. The van der Waals surface area contributed by atoms with Crippen LogP contribution in [0.1, 0.15) is 56.6 Å². The summed E-state index contributed by atoms with van der Waals surface area (Å²) in [6.07, 6.45) is 2.95. The van der Waals surface area contributed by atoms with E-state index in [-0.39, 0.29) is 23.6 Å². The van der Waals surface area contributed by atoms with Gasteiger partial charge in [-0.15, -0.1) is 0 Å². The molecule has 0 spiro atoms. The van der Waals surface area contributed by atoms with E-state index in [0.29, 0.717) is 40.9 Å². The Morgan fingerprint density at radius 1 is 1.09 bits per heavy atom. The van der Waals surface area contributed by atoms with Gasteiger partial charge in [0.15, 0.2) is 5.69 Å². The van der Waals surface area contributed by atoms with Crippen LogP contribution >= 0.6 is 23.2 Å². The van der Waals surface area contributed by atoms with Crippen LogP contribution in [0.25, 0.3) is 0 Å². The van der Waals surface area contributed by atoms with E-state index in [4.69, 9.17) is 23.2 Å². The first-order valence-electron chi connectivity index (χ1n) is 10.7. The van der Waals surface area contributed by atoms with E-state index in [9.17, 15) is 9.59 Å². The number of aryl methyl sites for hydroxylation is 1. The number of aromatic nitrogens is 2. The molecule has 2 aromatic carbocycles. The van der Waals surface area contributed by atoms with Gasteiger partial charge in [0.2, 0.25) is 0 Å². The molecule has 0 unspecified atom stereocenters. The van der Waals surface area contributed by atoms with Crippen molar-refractivity contribution in [3.8, 4) is 0 Å². The maximum Gasteiger partial charge on any atom is 0.272 e. The van der Waals surface area contributed by atoms with Crippen LogP contribution in [-0.2, 0) is 19.5 Å². The first-order valence-corrected chi connectivity index (χ1v) is 11.5. The molecule has 3 aromatic rings. The number of halogens is 2. The molecule has 164 valence electrons. The molecule has 1 atom stereocenters. The SMILES string of the molecule is O=C(N[C@@H]1CCCc2ccccc21)c1cc2n(n1)CCN(Cc1c(Cl)cccc1Cl)C2=O. The van der Waals surface area contributed by atoms with E-state index in [1.54, 1.807) is 33.8 Å². The summed E-state index contributed by atoms with van der Waals surface area (Å²) in [7, 11) is 0. The fraction of sp³-hybridized carbons (Fsp3) is 0.292. The second kappa shape index (κ2) is 8.60. The van der Waals surface area contributed by atoms with E-state index in [2.05, 4.69) is 22.5 Å². The molecule has 1 aromatic heterocycles. The van der Waals surface area contributed by atoms with Crippen molar-refractivity contribution in [2.45, 2.75) is 38.4 Å². The van der Waals surface area contributed by atoms with Crippen LogP contribution < -0.4 is 5.32 Å². The second-order valence-corrected chi connectivity index (χ2v) is 9.00. The number of benzene rings is 2. The van der Waals surface area contributed by atoms with Crippen molar-refractivity contribution < 1.29 is 9.59 Å². The van der Waals surface area contributed by atoms with Gasteiger partial charge in [0, 0.05) is 34.8 Å². The Balaban J connectivity index is 1.33. The summed E-state index contributed by atoms with van der Waals surface area (Å²) in [5, 5.41) is 8.56. The number of carbonyl (C=O) groups is 2. The average Bonchev–Trinajstić information content (AvgIpc) is 3.24. The van der Waals surface area contributed by atoms with Crippen molar-refractivity contribution in [3.05, 3.63) is 86.7 Å². The largest absolute Gasteiger partial charge is 0.344 e. The highest BCUT2D eigenvalue weighted by Gasteiger charge is 2.30. The van der Waals surface area contributed by atoms with Gasteiger partial charge in [-0.05, 0) is 42.5 Å². The summed E-state index contributed by atoms with van der Waals surface area (Å²) >= 11 is 12.6. The summed E-state index contributed by atoms with van der Waals surface area (Å²) in [6, 6.07) is 15.0. The van der Waals surface area contributed by atoms with E-state index in [1.807, 2.05) is 12.1 Å². The molecule has 2 heterocycles. The van der Waals surface area contributed by atoms with Gasteiger partial charge in [0.1, 0.15) is 5.69 Å². The normalized spacial score (nSPS) is 17.6. The Hall–Kier alpha value is -2.83. The minimum atomic E-state index is -0.262. The van der Waals surface area contributed by atoms with Crippen molar-refractivity contribution >= 4 is 35.0 Å². The van der Waals surface area contributed by atoms with Crippen LogP contribution in [0.15, 0.2) is 48.5 Å². The third kappa shape index (κ3) is 3.89. The Morgan fingerprint density at radius 2 is 1.88 bits per heavy atom. The van der Waals surface area contributed by atoms with Gasteiger partial charge in [-0.1, -0.05) is 53.5 Å². The lowest BCUT2D eigenvalue weighted by atomic mass is 9.87. The van der Waals surface area contributed by atoms with Crippen LogP contribution in [0.5, 0.6) is 0 Å². The molecule has 1 N–H and O–H groups in total. The number of amides is 2. The molecule has 0 saturated carbocycles. The van der Waals surface area contributed by atoms with Crippen LogP contribution in [-0.4, -0.2) is 33.0 Å². The summed E-state index contributed by atoms with van der Waals surface area (Å²) in [5.41, 5.74) is 3.81. The zero-order chi connectivity index (χ0) is 22.2. The van der Waals surface area contributed by atoms with Gasteiger partial charge in [-0.25, -0.2) is 0 Å². The smallest absolute Gasteiger partial charge is 0.272 e. The van der Waals surface area contributed by atoms with Crippen LogP contribution in [0.4, 0.5) is 0 Å². The van der Waals surface area contributed by atoms with E-state index in [1.165, 1.54) is 5.56 Å². The number of fused-ring (bicyclic) bond motifs is 2. The molecule has 0 bridgehead atoms. The Morgan fingerprint density at radius 3 is 2.69 bits per heavy atom. The number of nitrogens with zero attached hydrogens (tertiary/aromatic N) is 3. The molecule has 1 aliphatic carbocycles. The van der Waals surface area contributed by atoms with Crippen LogP contribution in [0, 0.1) is 0 Å².